The molecular formula is C8H9N5O. The number of rotatable bonds is 0. The number of anilines is 1. The van der Waals surface area contributed by atoms with Gasteiger partial charge in [-0.1, -0.05) is 0 Å². The van der Waals surface area contributed by atoms with Crippen LogP contribution in [-0.4, -0.2) is 19.5 Å². The summed E-state index contributed by atoms with van der Waals surface area (Å²) in [6, 6.07) is 0. The van der Waals surface area contributed by atoms with E-state index in [2.05, 4.69) is 15.0 Å². The van der Waals surface area contributed by atoms with Gasteiger partial charge >= 0.3 is 5.56 Å². The van der Waals surface area contributed by atoms with Crippen molar-refractivity contribution in [1.29, 1.82) is 0 Å². The fraction of sp³-hybridized carbons (Fsp3) is 0.250. The van der Waals surface area contributed by atoms with Crippen LogP contribution in [0.15, 0.2) is 11.0 Å². The molecule has 0 atom stereocenters. The average molecular weight is 191 g/mol. The van der Waals surface area contributed by atoms with Gasteiger partial charge in [-0.2, -0.15) is 4.98 Å². The first-order valence-electron chi connectivity index (χ1n) is 4.05. The lowest BCUT2D eigenvalue weighted by Crippen LogP contribution is -2.18. The van der Waals surface area contributed by atoms with Gasteiger partial charge in [0.2, 0.25) is 5.95 Å². The maximum absolute atomic E-state index is 11.4. The Bertz CT molecular complexity index is 559. The normalized spacial score (nSPS) is 10.7. The van der Waals surface area contributed by atoms with Crippen molar-refractivity contribution in [2.24, 2.45) is 7.05 Å². The molecule has 6 heteroatoms. The Kier molecular flexibility index (Phi) is 1.70. The molecule has 0 aliphatic rings. The van der Waals surface area contributed by atoms with Crippen LogP contribution >= 0.6 is 0 Å². The molecule has 14 heavy (non-hydrogen) atoms. The molecule has 0 saturated heterocycles. The van der Waals surface area contributed by atoms with Gasteiger partial charge in [0, 0.05) is 7.05 Å². The summed E-state index contributed by atoms with van der Waals surface area (Å²) in [5.74, 6) is 0.139. The lowest BCUT2D eigenvalue weighted by Gasteiger charge is -2.05. The van der Waals surface area contributed by atoms with Crippen LogP contribution < -0.4 is 11.3 Å². The Labute approximate surface area is 79.4 Å². The maximum Gasteiger partial charge on any atom is 0.302 e. The van der Waals surface area contributed by atoms with E-state index >= 15 is 0 Å². The molecule has 2 aromatic rings. The maximum atomic E-state index is 11.4. The van der Waals surface area contributed by atoms with Crippen molar-refractivity contribution in [3.8, 4) is 0 Å². The summed E-state index contributed by atoms with van der Waals surface area (Å²) in [5.41, 5.74) is 6.46. The van der Waals surface area contributed by atoms with Gasteiger partial charge in [-0.05, 0) is 6.92 Å². The summed E-state index contributed by atoms with van der Waals surface area (Å²) in [6.07, 6.45) is 1.58. The van der Waals surface area contributed by atoms with Crippen LogP contribution in [0, 0.1) is 6.92 Å². The summed E-state index contributed by atoms with van der Waals surface area (Å²) in [4.78, 5) is 23.2. The first-order chi connectivity index (χ1) is 6.59. The van der Waals surface area contributed by atoms with Gasteiger partial charge in [-0.25, -0.2) is 9.97 Å². The molecular weight excluding hydrogens is 182 g/mol. The quantitative estimate of drug-likeness (QED) is 0.613. The predicted octanol–water partition coefficient (Wildman–Crippen LogP) is -0.386. The zero-order valence-corrected chi connectivity index (χ0v) is 7.85. The number of aryl methyl sites for hydroxylation is 2. The van der Waals surface area contributed by atoms with Gasteiger partial charge in [0.15, 0.2) is 11.2 Å². The highest BCUT2D eigenvalue weighted by Gasteiger charge is 2.07. The van der Waals surface area contributed by atoms with E-state index in [0.717, 1.165) is 0 Å². The van der Waals surface area contributed by atoms with Crippen molar-refractivity contribution < 1.29 is 0 Å². The first-order valence-corrected chi connectivity index (χ1v) is 4.05. The molecule has 0 fully saturated rings. The van der Waals surface area contributed by atoms with Gasteiger partial charge in [0.25, 0.3) is 0 Å². The van der Waals surface area contributed by atoms with Crippen LogP contribution in [0.2, 0.25) is 0 Å². The Hall–Kier alpha value is -1.98. The number of hydrogen-bond acceptors (Lipinski definition) is 5. The second-order valence-electron chi connectivity index (χ2n) is 3.02. The van der Waals surface area contributed by atoms with E-state index in [1.807, 2.05) is 0 Å². The molecule has 2 rings (SSSR count). The predicted molar refractivity (Wildman–Crippen MR) is 51.7 cm³/mol. The summed E-state index contributed by atoms with van der Waals surface area (Å²) in [5, 5.41) is 0. The molecule has 2 heterocycles. The molecule has 0 unspecified atom stereocenters. The van der Waals surface area contributed by atoms with Crippen molar-refractivity contribution in [2.75, 3.05) is 5.73 Å². The lowest BCUT2D eigenvalue weighted by molar-refractivity contribution is 0.893. The highest BCUT2D eigenvalue weighted by atomic mass is 16.1. The number of fused-ring (bicyclic) bond motifs is 1. The van der Waals surface area contributed by atoms with Gasteiger partial charge in [0.1, 0.15) is 0 Å². The average Bonchev–Trinajstić information content (AvgIpc) is 2.14. The van der Waals surface area contributed by atoms with E-state index in [1.54, 1.807) is 20.2 Å². The Balaban J connectivity index is 3.02. The fourth-order valence-electron chi connectivity index (χ4n) is 1.20. The van der Waals surface area contributed by atoms with Crippen LogP contribution in [-0.2, 0) is 7.05 Å². The largest absolute Gasteiger partial charge is 0.369 e. The molecule has 0 aromatic carbocycles. The van der Waals surface area contributed by atoms with Crippen molar-refractivity contribution in [3.63, 3.8) is 0 Å². The van der Waals surface area contributed by atoms with E-state index in [4.69, 9.17) is 5.73 Å². The number of nitrogen functional groups attached to an aromatic ring is 1. The first kappa shape index (κ1) is 8.61. The van der Waals surface area contributed by atoms with Crippen LogP contribution in [0.5, 0.6) is 0 Å². The zero-order valence-electron chi connectivity index (χ0n) is 7.85. The summed E-state index contributed by atoms with van der Waals surface area (Å²) in [7, 11) is 1.69. The number of nitrogens with two attached hydrogens (primary N) is 1. The van der Waals surface area contributed by atoms with Crippen molar-refractivity contribution in [1.82, 2.24) is 19.5 Å². The lowest BCUT2D eigenvalue weighted by atomic mass is 10.4. The minimum Gasteiger partial charge on any atom is -0.369 e. The second kappa shape index (κ2) is 2.76. The van der Waals surface area contributed by atoms with Crippen LogP contribution in [0.1, 0.15) is 5.69 Å². The number of aromatic nitrogens is 4. The minimum atomic E-state index is -0.438. The van der Waals surface area contributed by atoms with Gasteiger partial charge < -0.3 is 5.73 Å². The van der Waals surface area contributed by atoms with Crippen LogP contribution in [0.25, 0.3) is 11.2 Å². The van der Waals surface area contributed by atoms with Crippen molar-refractivity contribution >= 4 is 17.1 Å². The highest BCUT2D eigenvalue weighted by molar-refractivity contribution is 5.70. The van der Waals surface area contributed by atoms with Crippen molar-refractivity contribution in [2.45, 2.75) is 6.92 Å². The van der Waals surface area contributed by atoms with Crippen LogP contribution in [0.3, 0.4) is 0 Å². The molecule has 0 bridgehead atoms. The second-order valence-corrected chi connectivity index (χ2v) is 3.02. The third kappa shape index (κ3) is 1.12. The molecule has 0 spiro atoms. The Morgan fingerprint density at radius 1 is 1.43 bits per heavy atom. The molecule has 0 radical (unpaired) electrons. The smallest absolute Gasteiger partial charge is 0.302 e. The van der Waals surface area contributed by atoms with Crippen molar-refractivity contribution in [3.05, 3.63) is 22.2 Å². The molecule has 2 aromatic heterocycles. The molecule has 72 valence electrons. The fourth-order valence-corrected chi connectivity index (χ4v) is 1.20. The number of nitrogens with zero attached hydrogens (tertiary/aromatic N) is 4. The topological polar surface area (TPSA) is 86.7 Å². The standard InChI is InChI=1S/C8H9N5O/c1-4-3-10-6-5(11-4)7(14)12-8(9)13(6)2/h3H,1-2H3,(H2,9,12,14). The van der Waals surface area contributed by atoms with E-state index < -0.39 is 5.56 Å². The Morgan fingerprint density at radius 3 is 2.86 bits per heavy atom. The van der Waals surface area contributed by atoms with Gasteiger partial charge in [-0.3, -0.25) is 9.36 Å². The third-order valence-electron chi connectivity index (χ3n) is 1.95. The minimum absolute atomic E-state index is 0.139. The molecule has 0 aliphatic carbocycles. The van der Waals surface area contributed by atoms with E-state index in [1.165, 1.54) is 4.57 Å². The summed E-state index contributed by atoms with van der Waals surface area (Å²) in [6.45, 7) is 1.77. The van der Waals surface area contributed by atoms with E-state index in [9.17, 15) is 4.79 Å². The molecule has 6 nitrogen and oxygen atoms in total. The number of hydrogen-bond donors (Lipinski definition) is 1. The zero-order chi connectivity index (χ0) is 10.3. The van der Waals surface area contributed by atoms with E-state index in [0.29, 0.717) is 11.3 Å². The van der Waals surface area contributed by atoms with Gasteiger partial charge in [-0.15, -0.1) is 0 Å². The SMILES string of the molecule is Cc1cnc2c(n1)c(=O)nc(N)n2C. The summed E-state index contributed by atoms with van der Waals surface area (Å²) >= 11 is 0. The third-order valence-corrected chi connectivity index (χ3v) is 1.95. The molecule has 0 aliphatic heterocycles. The monoisotopic (exact) mass is 191 g/mol. The van der Waals surface area contributed by atoms with Gasteiger partial charge in [0.05, 0.1) is 11.9 Å². The Morgan fingerprint density at radius 2 is 2.14 bits per heavy atom. The highest BCUT2D eigenvalue weighted by Crippen LogP contribution is 2.05. The summed E-state index contributed by atoms with van der Waals surface area (Å²) < 4.78 is 1.53. The van der Waals surface area contributed by atoms with Crippen LogP contribution in [0.4, 0.5) is 5.95 Å². The van der Waals surface area contributed by atoms with E-state index in [-0.39, 0.29) is 11.5 Å². The molecule has 0 saturated carbocycles. The molecule has 2 N–H and O–H groups in total. The molecule has 0 amide bonds.